The third-order valence-electron chi connectivity index (χ3n) is 2.07. The molecular formula is C11H11ClO. The Kier molecular flexibility index (Phi) is 2.28. The zero-order chi connectivity index (χ0) is 9.26. The SMILES string of the molecule is CC1CC=Cc2ccc(Cl)cc2O1. The number of halogens is 1. The van der Waals surface area contributed by atoms with E-state index in [-0.39, 0.29) is 6.10 Å². The summed E-state index contributed by atoms with van der Waals surface area (Å²) in [5.41, 5.74) is 1.11. The number of fused-ring (bicyclic) bond motifs is 1. The molecule has 0 fully saturated rings. The van der Waals surface area contributed by atoms with Gasteiger partial charge in [-0.15, -0.1) is 0 Å². The Morgan fingerprint density at radius 3 is 3.15 bits per heavy atom. The van der Waals surface area contributed by atoms with Crippen molar-refractivity contribution in [1.29, 1.82) is 0 Å². The van der Waals surface area contributed by atoms with E-state index in [4.69, 9.17) is 16.3 Å². The maximum atomic E-state index is 5.87. The molecule has 1 unspecified atom stereocenters. The highest BCUT2D eigenvalue weighted by molar-refractivity contribution is 6.30. The van der Waals surface area contributed by atoms with Crippen molar-refractivity contribution in [3.63, 3.8) is 0 Å². The first kappa shape index (κ1) is 8.64. The van der Waals surface area contributed by atoms with E-state index >= 15 is 0 Å². The summed E-state index contributed by atoms with van der Waals surface area (Å²) in [7, 11) is 0. The van der Waals surface area contributed by atoms with Crippen molar-refractivity contribution in [1.82, 2.24) is 0 Å². The van der Waals surface area contributed by atoms with Crippen molar-refractivity contribution >= 4 is 17.7 Å². The number of hydrogen-bond acceptors (Lipinski definition) is 1. The summed E-state index contributed by atoms with van der Waals surface area (Å²) in [6, 6.07) is 5.72. The van der Waals surface area contributed by atoms with E-state index < -0.39 is 0 Å². The largest absolute Gasteiger partial charge is 0.490 e. The Hall–Kier alpha value is -0.950. The van der Waals surface area contributed by atoms with Crippen LogP contribution in [0.1, 0.15) is 18.9 Å². The van der Waals surface area contributed by atoms with E-state index in [2.05, 4.69) is 19.1 Å². The monoisotopic (exact) mass is 194 g/mol. The Bertz CT molecular complexity index is 344. The van der Waals surface area contributed by atoms with Crippen LogP contribution < -0.4 is 4.74 Å². The van der Waals surface area contributed by atoms with Gasteiger partial charge in [-0.2, -0.15) is 0 Å². The van der Waals surface area contributed by atoms with Gasteiger partial charge in [-0.1, -0.05) is 23.8 Å². The molecule has 0 bridgehead atoms. The van der Waals surface area contributed by atoms with Crippen LogP contribution >= 0.6 is 11.6 Å². The van der Waals surface area contributed by atoms with Crippen molar-refractivity contribution in [2.24, 2.45) is 0 Å². The lowest BCUT2D eigenvalue weighted by Gasteiger charge is -2.12. The molecule has 0 amide bonds. The Morgan fingerprint density at radius 2 is 2.31 bits per heavy atom. The van der Waals surface area contributed by atoms with Gasteiger partial charge in [0.1, 0.15) is 5.75 Å². The van der Waals surface area contributed by atoms with Crippen molar-refractivity contribution in [3.05, 3.63) is 34.9 Å². The van der Waals surface area contributed by atoms with Crippen LogP contribution in [-0.4, -0.2) is 6.10 Å². The maximum Gasteiger partial charge on any atom is 0.128 e. The van der Waals surface area contributed by atoms with E-state index in [1.165, 1.54) is 0 Å². The van der Waals surface area contributed by atoms with Crippen LogP contribution in [0.4, 0.5) is 0 Å². The van der Waals surface area contributed by atoms with Crippen LogP contribution in [-0.2, 0) is 0 Å². The van der Waals surface area contributed by atoms with Crippen LogP contribution in [0.3, 0.4) is 0 Å². The smallest absolute Gasteiger partial charge is 0.128 e. The van der Waals surface area contributed by atoms with Crippen molar-refractivity contribution in [2.75, 3.05) is 0 Å². The average molecular weight is 195 g/mol. The minimum absolute atomic E-state index is 0.232. The molecule has 1 heterocycles. The standard InChI is InChI=1S/C11H11ClO/c1-8-3-2-4-9-5-6-10(12)7-11(9)13-8/h2,4-8H,3H2,1H3. The number of hydrogen-bond donors (Lipinski definition) is 0. The minimum Gasteiger partial charge on any atom is -0.490 e. The van der Waals surface area contributed by atoms with E-state index in [0.717, 1.165) is 22.8 Å². The van der Waals surface area contributed by atoms with E-state index in [1.54, 1.807) is 0 Å². The molecule has 0 aliphatic carbocycles. The van der Waals surface area contributed by atoms with Gasteiger partial charge in [0.2, 0.25) is 0 Å². The fourth-order valence-corrected chi connectivity index (χ4v) is 1.56. The van der Waals surface area contributed by atoms with Crippen LogP contribution in [0, 0.1) is 0 Å². The third-order valence-corrected chi connectivity index (χ3v) is 2.30. The van der Waals surface area contributed by atoms with Gasteiger partial charge >= 0.3 is 0 Å². The van der Waals surface area contributed by atoms with Gasteiger partial charge in [0.25, 0.3) is 0 Å². The molecule has 0 spiro atoms. The first-order valence-corrected chi connectivity index (χ1v) is 4.76. The Labute approximate surface area is 83.0 Å². The molecule has 1 aliphatic heterocycles. The molecule has 2 rings (SSSR count). The fraction of sp³-hybridized carbons (Fsp3) is 0.273. The topological polar surface area (TPSA) is 9.23 Å². The molecule has 0 saturated heterocycles. The molecule has 0 radical (unpaired) electrons. The fourth-order valence-electron chi connectivity index (χ4n) is 1.40. The summed E-state index contributed by atoms with van der Waals surface area (Å²) >= 11 is 5.87. The molecule has 0 N–H and O–H groups in total. The van der Waals surface area contributed by atoms with Gasteiger partial charge in [-0.3, -0.25) is 0 Å². The van der Waals surface area contributed by atoms with Crippen LogP contribution in [0.5, 0.6) is 5.75 Å². The van der Waals surface area contributed by atoms with Gasteiger partial charge < -0.3 is 4.74 Å². The second-order valence-corrected chi connectivity index (χ2v) is 3.69. The highest BCUT2D eigenvalue weighted by atomic mass is 35.5. The molecule has 1 aromatic carbocycles. The average Bonchev–Trinajstić information content (AvgIpc) is 2.25. The summed E-state index contributed by atoms with van der Waals surface area (Å²) in [5.74, 6) is 0.883. The van der Waals surface area contributed by atoms with Gasteiger partial charge in [0, 0.05) is 17.0 Å². The first-order chi connectivity index (χ1) is 6.25. The summed E-state index contributed by atoms with van der Waals surface area (Å²) in [6.45, 7) is 2.06. The summed E-state index contributed by atoms with van der Waals surface area (Å²) in [4.78, 5) is 0. The first-order valence-electron chi connectivity index (χ1n) is 4.38. The van der Waals surface area contributed by atoms with Crippen molar-refractivity contribution < 1.29 is 4.74 Å². The molecule has 2 heteroatoms. The lowest BCUT2D eigenvalue weighted by Crippen LogP contribution is -2.09. The van der Waals surface area contributed by atoms with Gasteiger partial charge in [-0.25, -0.2) is 0 Å². The Morgan fingerprint density at radius 1 is 1.46 bits per heavy atom. The normalized spacial score (nSPS) is 20.3. The Balaban J connectivity index is 2.44. The molecule has 1 aliphatic rings. The van der Waals surface area contributed by atoms with E-state index in [0.29, 0.717) is 0 Å². The number of rotatable bonds is 0. The third kappa shape index (κ3) is 1.86. The molecule has 0 aromatic heterocycles. The van der Waals surface area contributed by atoms with Crippen LogP contribution in [0.2, 0.25) is 5.02 Å². The zero-order valence-electron chi connectivity index (χ0n) is 7.46. The predicted octanol–water partition coefficient (Wildman–Crippen LogP) is 3.52. The number of ether oxygens (including phenoxy) is 1. The zero-order valence-corrected chi connectivity index (χ0v) is 8.21. The molecule has 1 nitrogen and oxygen atoms in total. The van der Waals surface area contributed by atoms with Crippen LogP contribution in [0.25, 0.3) is 6.08 Å². The summed E-state index contributed by atoms with van der Waals surface area (Å²) < 4.78 is 5.69. The quantitative estimate of drug-likeness (QED) is 0.614. The van der Waals surface area contributed by atoms with Crippen molar-refractivity contribution in [2.45, 2.75) is 19.4 Å². The highest BCUT2D eigenvalue weighted by Gasteiger charge is 2.09. The van der Waals surface area contributed by atoms with Crippen LogP contribution in [0.15, 0.2) is 24.3 Å². The lowest BCUT2D eigenvalue weighted by molar-refractivity contribution is 0.227. The van der Waals surface area contributed by atoms with Crippen molar-refractivity contribution in [3.8, 4) is 5.75 Å². The van der Waals surface area contributed by atoms with Gasteiger partial charge in [0.15, 0.2) is 0 Å². The molecular weight excluding hydrogens is 184 g/mol. The molecule has 0 saturated carbocycles. The maximum absolute atomic E-state index is 5.87. The number of benzene rings is 1. The second kappa shape index (κ2) is 3.43. The molecule has 13 heavy (non-hydrogen) atoms. The summed E-state index contributed by atoms with van der Waals surface area (Å²) in [6.07, 6.45) is 5.39. The predicted molar refractivity (Wildman–Crippen MR) is 55.2 cm³/mol. The summed E-state index contributed by atoms with van der Waals surface area (Å²) in [5, 5.41) is 0.723. The van der Waals surface area contributed by atoms with E-state index in [1.807, 2.05) is 18.2 Å². The van der Waals surface area contributed by atoms with Gasteiger partial charge in [-0.05, 0) is 25.1 Å². The molecule has 1 atom stereocenters. The molecule has 1 aromatic rings. The molecule has 68 valence electrons. The van der Waals surface area contributed by atoms with E-state index in [9.17, 15) is 0 Å². The van der Waals surface area contributed by atoms with Gasteiger partial charge in [0.05, 0.1) is 6.10 Å². The second-order valence-electron chi connectivity index (χ2n) is 3.25. The lowest BCUT2D eigenvalue weighted by atomic mass is 10.2. The highest BCUT2D eigenvalue weighted by Crippen LogP contribution is 2.28. The minimum atomic E-state index is 0.232.